The first-order chi connectivity index (χ1) is 10.5. The molecule has 0 N–H and O–H groups in total. The fraction of sp³-hybridized carbons (Fsp3) is 0.222. The smallest absolute Gasteiger partial charge is 0.415 e. The molecule has 0 fully saturated rings. The van der Waals surface area contributed by atoms with Gasteiger partial charge in [-0.15, -0.1) is 0 Å². The molecule has 0 bridgehead atoms. The molecule has 0 unspecified atom stereocenters. The number of nitrogens with zero attached hydrogens (tertiary/aromatic N) is 1. The van der Waals surface area contributed by atoms with Crippen LogP contribution in [-0.4, -0.2) is 17.4 Å². The van der Waals surface area contributed by atoms with Crippen molar-refractivity contribution in [3.63, 3.8) is 0 Å². The predicted octanol–water partition coefficient (Wildman–Crippen LogP) is 3.80. The van der Waals surface area contributed by atoms with Crippen LogP contribution in [0.5, 0.6) is 0 Å². The van der Waals surface area contributed by atoms with Crippen molar-refractivity contribution < 1.29 is 14.3 Å². The van der Waals surface area contributed by atoms with E-state index in [0.29, 0.717) is 11.3 Å². The Balaban J connectivity index is 1.84. The second kappa shape index (κ2) is 5.30. The first kappa shape index (κ1) is 14.3. The fourth-order valence-corrected chi connectivity index (χ4v) is 2.70. The summed E-state index contributed by atoms with van der Waals surface area (Å²) < 4.78 is 5.39. The van der Waals surface area contributed by atoms with Gasteiger partial charge < -0.3 is 4.74 Å². The maximum Gasteiger partial charge on any atom is 0.415 e. The van der Waals surface area contributed by atoms with Gasteiger partial charge in [-0.2, -0.15) is 0 Å². The fourth-order valence-electron chi connectivity index (χ4n) is 2.70. The van der Waals surface area contributed by atoms with Crippen LogP contribution in [0, 0.1) is 0 Å². The molecule has 0 radical (unpaired) electrons. The van der Waals surface area contributed by atoms with Crippen LogP contribution in [0.2, 0.25) is 0 Å². The highest BCUT2D eigenvalue weighted by Crippen LogP contribution is 2.38. The monoisotopic (exact) mass is 295 g/mol. The molecule has 0 spiro atoms. The molecule has 1 amide bonds. The highest BCUT2D eigenvalue weighted by molar-refractivity contribution is 6.19. The number of amides is 1. The van der Waals surface area contributed by atoms with Crippen LogP contribution in [-0.2, 0) is 11.3 Å². The minimum atomic E-state index is -0.933. The molecular formula is C18H17NO3. The van der Waals surface area contributed by atoms with Gasteiger partial charge in [0.1, 0.15) is 12.1 Å². The van der Waals surface area contributed by atoms with Crippen molar-refractivity contribution in [3.05, 3.63) is 65.7 Å². The van der Waals surface area contributed by atoms with E-state index in [1.807, 2.05) is 36.4 Å². The molecular weight excluding hydrogens is 278 g/mol. The standard InChI is InChI=1S/C18H17NO3/c1-18(2)16(20)14-10-6-7-11-15(14)19(18)17(21)22-12-13-8-4-3-5-9-13/h3-11H,12H2,1-2H3. The van der Waals surface area contributed by atoms with Crippen molar-refractivity contribution in [3.8, 4) is 0 Å². The van der Waals surface area contributed by atoms with Crippen LogP contribution in [0.3, 0.4) is 0 Å². The zero-order valence-corrected chi connectivity index (χ0v) is 12.6. The number of rotatable bonds is 2. The zero-order valence-electron chi connectivity index (χ0n) is 12.6. The van der Waals surface area contributed by atoms with Gasteiger partial charge in [0, 0.05) is 5.56 Å². The second-order valence-electron chi connectivity index (χ2n) is 5.78. The van der Waals surface area contributed by atoms with Gasteiger partial charge in [0.05, 0.1) is 5.69 Å². The van der Waals surface area contributed by atoms with Gasteiger partial charge in [0.2, 0.25) is 0 Å². The third-order valence-electron chi connectivity index (χ3n) is 3.89. The van der Waals surface area contributed by atoms with Crippen LogP contribution in [0.25, 0.3) is 0 Å². The van der Waals surface area contributed by atoms with E-state index in [2.05, 4.69) is 0 Å². The summed E-state index contributed by atoms with van der Waals surface area (Å²) in [6.07, 6.45) is -0.507. The number of Topliss-reactive ketones (excluding diaryl/α,β-unsaturated/α-hetero) is 1. The third kappa shape index (κ3) is 2.26. The van der Waals surface area contributed by atoms with E-state index >= 15 is 0 Å². The van der Waals surface area contributed by atoms with E-state index in [9.17, 15) is 9.59 Å². The van der Waals surface area contributed by atoms with E-state index in [1.54, 1.807) is 32.0 Å². The lowest BCUT2D eigenvalue weighted by molar-refractivity contribution is 0.0907. The third-order valence-corrected chi connectivity index (χ3v) is 3.89. The molecule has 0 atom stereocenters. The summed E-state index contributed by atoms with van der Waals surface area (Å²) in [6.45, 7) is 3.65. The summed E-state index contributed by atoms with van der Waals surface area (Å²) in [5.74, 6) is -0.0697. The van der Waals surface area contributed by atoms with Crippen molar-refractivity contribution >= 4 is 17.6 Å². The molecule has 1 aliphatic heterocycles. The van der Waals surface area contributed by atoms with E-state index in [4.69, 9.17) is 4.74 Å². The van der Waals surface area contributed by atoms with E-state index in [-0.39, 0.29) is 12.4 Å². The molecule has 22 heavy (non-hydrogen) atoms. The van der Waals surface area contributed by atoms with Crippen LogP contribution >= 0.6 is 0 Å². The number of hydrogen-bond donors (Lipinski definition) is 0. The molecule has 0 aromatic heterocycles. The van der Waals surface area contributed by atoms with Crippen molar-refractivity contribution in [1.29, 1.82) is 0 Å². The Morgan fingerprint density at radius 2 is 1.68 bits per heavy atom. The Bertz CT molecular complexity index is 722. The maximum absolute atomic E-state index is 12.5. The number of ketones is 1. The Kier molecular flexibility index (Phi) is 3.45. The zero-order chi connectivity index (χ0) is 15.7. The Morgan fingerprint density at radius 1 is 1.05 bits per heavy atom. The number of carbonyl (C=O) groups excluding carboxylic acids is 2. The average molecular weight is 295 g/mol. The lowest BCUT2D eigenvalue weighted by Gasteiger charge is -2.29. The molecule has 4 nitrogen and oxygen atoms in total. The Labute approximate surface area is 129 Å². The summed E-state index contributed by atoms with van der Waals surface area (Å²) in [5, 5.41) is 0. The van der Waals surface area contributed by atoms with E-state index < -0.39 is 11.6 Å². The SMILES string of the molecule is CC1(C)C(=O)c2ccccc2N1C(=O)OCc1ccccc1. The summed E-state index contributed by atoms with van der Waals surface area (Å²) in [6, 6.07) is 16.6. The lowest BCUT2D eigenvalue weighted by atomic mass is 9.98. The number of anilines is 1. The molecule has 0 saturated heterocycles. The molecule has 4 heteroatoms. The molecule has 2 aromatic carbocycles. The van der Waals surface area contributed by atoms with E-state index in [0.717, 1.165) is 5.56 Å². The lowest BCUT2D eigenvalue weighted by Crippen LogP contribution is -2.48. The Morgan fingerprint density at radius 3 is 2.41 bits per heavy atom. The molecule has 1 aliphatic rings. The van der Waals surface area contributed by atoms with Gasteiger partial charge in [-0.1, -0.05) is 42.5 Å². The van der Waals surface area contributed by atoms with E-state index in [1.165, 1.54) is 4.90 Å². The summed E-state index contributed by atoms with van der Waals surface area (Å²) in [4.78, 5) is 26.4. The quantitative estimate of drug-likeness (QED) is 0.846. The minimum Gasteiger partial charge on any atom is -0.444 e. The topological polar surface area (TPSA) is 46.6 Å². The summed E-state index contributed by atoms with van der Waals surface area (Å²) in [7, 11) is 0. The van der Waals surface area contributed by atoms with Crippen molar-refractivity contribution in [2.24, 2.45) is 0 Å². The molecule has 0 aliphatic carbocycles. The normalized spacial score (nSPS) is 15.5. The number of carbonyl (C=O) groups is 2. The highest BCUT2D eigenvalue weighted by atomic mass is 16.6. The molecule has 1 heterocycles. The number of fused-ring (bicyclic) bond motifs is 1. The average Bonchev–Trinajstić information content (AvgIpc) is 2.73. The van der Waals surface area contributed by atoms with Crippen LogP contribution < -0.4 is 4.90 Å². The van der Waals surface area contributed by atoms with Gasteiger partial charge in [0.25, 0.3) is 0 Å². The number of benzene rings is 2. The predicted molar refractivity (Wildman–Crippen MR) is 84.0 cm³/mol. The molecule has 2 aromatic rings. The molecule has 3 rings (SSSR count). The first-order valence-electron chi connectivity index (χ1n) is 7.16. The van der Waals surface area contributed by atoms with Crippen molar-refractivity contribution in [2.45, 2.75) is 26.0 Å². The summed E-state index contributed by atoms with van der Waals surface area (Å²) in [5.41, 5.74) is 1.14. The van der Waals surface area contributed by atoms with Gasteiger partial charge in [-0.3, -0.25) is 9.69 Å². The van der Waals surface area contributed by atoms with Gasteiger partial charge in [-0.25, -0.2) is 4.79 Å². The van der Waals surface area contributed by atoms with Crippen molar-refractivity contribution in [1.82, 2.24) is 0 Å². The Hall–Kier alpha value is -2.62. The van der Waals surface area contributed by atoms with Crippen LogP contribution in [0.1, 0.15) is 29.8 Å². The van der Waals surface area contributed by atoms with Crippen LogP contribution in [0.4, 0.5) is 10.5 Å². The van der Waals surface area contributed by atoms with Gasteiger partial charge in [0.15, 0.2) is 5.78 Å². The van der Waals surface area contributed by atoms with Crippen LogP contribution in [0.15, 0.2) is 54.6 Å². The largest absolute Gasteiger partial charge is 0.444 e. The molecule has 112 valence electrons. The second-order valence-corrected chi connectivity index (χ2v) is 5.78. The molecule has 0 saturated carbocycles. The van der Waals surface area contributed by atoms with Gasteiger partial charge in [-0.05, 0) is 31.5 Å². The highest BCUT2D eigenvalue weighted by Gasteiger charge is 2.47. The maximum atomic E-state index is 12.5. The first-order valence-corrected chi connectivity index (χ1v) is 7.16. The minimum absolute atomic E-state index is 0.0697. The van der Waals surface area contributed by atoms with Gasteiger partial charge >= 0.3 is 6.09 Å². The summed E-state index contributed by atoms with van der Waals surface area (Å²) >= 11 is 0. The van der Waals surface area contributed by atoms with Crippen molar-refractivity contribution in [2.75, 3.05) is 4.90 Å². The number of para-hydroxylation sites is 1. The number of ether oxygens (including phenoxy) is 1. The number of hydrogen-bond acceptors (Lipinski definition) is 3.